The van der Waals surface area contributed by atoms with Gasteiger partial charge in [0.15, 0.2) is 5.96 Å². The number of rotatable bonds is 7. The summed E-state index contributed by atoms with van der Waals surface area (Å²) in [5, 5.41) is 9.40. The second-order valence-corrected chi connectivity index (χ2v) is 9.61. The van der Waals surface area contributed by atoms with E-state index in [2.05, 4.69) is 58.1 Å². The van der Waals surface area contributed by atoms with Crippen molar-refractivity contribution in [2.45, 2.75) is 38.6 Å². The van der Waals surface area contributed by atoms with Gasteiger partial charge in [-0.1, -0.05) is 49.4 Å². The molecule has 2 aromatic rings. The number of fused-ring (bicyclic) bond motifs is 1. The maximum Gasteiger partial charge on any atom is 0.214 e. The summed E-state index contributed by atoms with van der Waals surface area (Å²) in [6.07, 6.45) is 3.17. The molecule has 0 spiro atoms. The zero-order valence-electron chi connectivity index (χ0n) is 17.8. The average molecular weight is 545 g/mol. The van der Waals surface area contributed by atoms with E-state index in [1.165, 1.54) is 16.3 Å². The van der Waals surface area contributed by atoms with Crippen molar-refractivity contribution in [3.63, 3.8) is 0 Å². The molecule has 0 aliphatic carbocycles. The Morgan fingerprint density at radius 3 is 2.53 bits per heavy atom. The Morgan fingerprint density at radius 1 is 1.13 bits per heavy atom. The lowest BCUT2D eigenvalue weighted by molar-refractivity contribution is 0.306. The molecule has 6 nitrogen and oxygen atoms in total. The van der Waals surface area contributed by atoms with Crippen molar-refractivity contribution in [2.24, 2.45) is 4.99 Å². The van der Waals surface area contributed by atoms with Gasteiger partial charge >= 0.3 is 0 Å². The maximum absolute atomic E-state index is 12.2. The number of piperidine rings is 1. The zero-order valence-corrected chi connectivity index (χ0v) is 20.9. The van der Waals surface area contributed by atoms with Crippen LogP contribution in [0.1, 0.15) is 31.7 Å². The van der Waals surface area contributed by atoms with E-state index in [1.54, 1.807) is 11.4 Å². The fourth-order valence-corrected chi connectivity index (χ4v) is 5.42. The highest BCUT2D eigenvalue weighted by Gasteiger charge is 2.27. The van der Waals surface area contributed by atoms with Gasteiger partial charge in [-0.3, -0.25) is 4.99 Å². The van der Waals surface area contributed by atoms with Crippen LogP contribution >= 0.6 is 24.0 Å². The van der Waals surface area contributed by atoms with Gasteiger partial charge < -0.3 is 10.6 Å². The lowest BCUT2D eigenvalue weighted by atomic mass is 10.0. The maximum atomic E-state index is 12.2. The average Bonchev–Trinajstić information content (AvgIpc) is 2.73. The SMILES string of the molecule is CCCS(=O)(=O)N1CCC(NC(=NC)NCCc2cccc3ccccc23)CC1.I. The fourth-order valence-electron chi connectivity index (χ4n) is 3.88. The van der Waals surface area contributed by atoms with Gasteiger partial charge in [0, 0.05) is 32.7 Å². The highest BCUT2D eigenvalue weighted by atomic mass is 127. The highest BCUT2D eigenvalue weighted by molar-refractivity contribution is 14.0. The molecule has 1 heterocycles. The van der Waals surface area contributed by atoms with Crippen LogP contribution in [-0.4, -0.2) is 57.2 Å². The number of hydrogen-bond acceptors (Lipinski definition) is 3. The van der Waals surface area contributed by atoms with E-state index in [-0.39, 0.29) is 35.8 Å². The van der Waals surface area contributed by atoms with Gasteiger partial charge in [-0.15, -0.1) is 24.0 Å². The van der Waals surface area contributed by atoms with Crippen LogP contribution in [-0.2, 0) is 16.4 Å². The van der Waals surface area contributed by atoms with Crippen molar-refractivity contribution in [3.05, 3.63) is 48.0 Å². The Hall–Kier alpha value is -1.39. The first-order valence-electron chi connectivity index (χ1n) is 10.4. The van der Waals surface area contributed by atoms with Crippen LogP contribution in [0.4, 0.5) is 0 Å². The molecule has 1 aliphatic rings. The van der Waals surface area contributed by atoms with Crippen molar-refractivity contribution in [1.29, 1.82) is 0 Å². The second kappa shape index (κ2) is 11.9. The molecule has 3 rings (SSSR count). The number of aliphatic imine (C=N–C) groups is 1. The molecule has 1 aliphatic heterocycles. The minimum Gasteiger partial charge on any atom is -0.356 e. The number of benzene rings is 2. The number of halogens is 1. The minimum absolute atomic E-state index is 0. The number of guanidine groups is 1. The molecule has 1 fully saturated rings. The summed E-state index contributed by atoms with van der Waals surface area (Å²) in [5.74, 6) is 1.02. The monoisotopic (exact) mass is 544 g/mol. The summed E-state index contributed by atoms with van der Waals surface area (Å²) < 4.78 is 26.0. The standard InChI is InChI=1S/C22H32N4O2S.HI/c1-3-17-29(27,28)26-15-12-20(13-16-26)25-22(23-2)24-14-11-19-9-6-8-18-7-4-5-10-21(18)19;/h4-10,20H,3,11-17H2,1-2H3,(H2,23,24,25);1H. The zero-order chi connectivity index (χ0) is 20.7. The normalized spacial score (nSPS) is 16.3. The molecule has 2 aromatic carbocycles. The van der Waals surface area contributed by atoms with E-state index in [9.17, 15) is 8.42 Å². The van der Waals surface area contributed by atoms with Gasteiger partial charge in [0.1, 0.15) is 0 Å². The molecule has 0 saturated carbocycles. The molecule has 0 bridgehead atoms. The van der Waals surface area contributed by atoms with Crippen LogP contribution in [0.15, 0.2) is 47.5 Å². The van der Waals surface area contributed by atoms with Crippen LogP contribution in [0.3, 0.4) is 0 Å². The smallest absolute Gasteiger partial charge is 0.214 e. The molecule has 0 atom stereocenters. The second-order valence-electron chi connectivity index (χ2n) is 7.52. The largest absolute Gasteiger partial charge is 0.356 e. The number of hydrogen-bond donors (Lipinski definition) is 2. The van der Waals surface area contributed by atoms with Crippen LogP contribution in [0.25, 0.3) is 10.8 Å². The van der Waals surface area contributed by atoms with Crippen LogP contribution in [0.2, 0.25) is 0 Å². The topological polar surface area (TPSA) is 73.8 Å². The first kappa shape index (κ1) is 24.9. The van der Waals surface area contributed by atoms with Gasteiger partial charge in [0.25, 0.3) is 0 Å². The molecule has 1 saturated heterocycles. The summed E-state index contributed by atoms with van der Waals surface area (Å²) in [5.41, 5.74) is 1.32. The van der Waals surface area contributed by atoms with Gasteiger partial charge in [0.05, 0.1) is 5.75 Å². The molecule has 166 valence electrons. The van der Waals surface area contributed by atoms with E-state index < -0.39 is 10.0 Å². The van der Waals surface area contributed by atoms with E-state index in [0.29, 0.717) is 19.5 Å². The summed E-state index contributed by atoms with van der Waals surface area (Å²) in [6.45, 7) is 3.84. The van der Waals surface area contributed by atoms with E-state index >= 15 is 0 Å². The number of nitrogens with zero attached hydrogens (tertiary/aromatic N) is 2. The minimum atomic E-state index is -3.09. The predicted octanol–water partition coefficient (Wildman–Crippen LogP) is 3.37. The van der Waals surface area contributed by atoms with E-state index in [1.807, 2.05) is 6.92 Å². The summed E-state index contributed by atoms with van der Waals surface area (Å²) in [4.78, 5) is 4.34. The molecular weight excluding hydrogens is 511 g/mol. The third kappa shape index (κ3) is 6.55. The number of nitrogens with one attached hydrogen (secondary N) is 2. The van der Waals surface area contributed by atoms with Crippen LogP contribution in [0, 0.1) is 0 Å². The molecule has 0 radical (unpaired) electrons. The van der Waals surface area contributed by atoms with Gasteiger partial charge in [-0.2, -0.15) is 0 Å². The first-order valence-corrected chi connectivity index (χ1v) is 12.1. The van der Waals surface area contributed by atoms with Crippen molar-refractivity contribution >= 4 is 50.7 Å². The Bertz CT molecular complexity index is 936. The Kier molecular flexibility index (Phi) is 9.83. The summed E-state index contributed by atoms with van der Waals surface area (Å²) in [6, 6.07) is 15.1. The first-order chi connectivity index (χ1) is 14.0. The molecule has 30 heavy (non-hydrogen) atoms. The Labute approximate surface area is 197 Å². The quantitative estimate of drug-likeness (QED) is 0.319. The van der Waals surface area contributed by atoms with E-state index in [0.717, 1.165) is 31.8 Å². The highest BCUT2D eigenvalue weighted by Crippen LogP contribution is 2.18. The summed E-state index contributed by atoms with van der Waals surface area (Å²) in [7, 11) is -1.32. The van der Waals surface area contributed by atoms with Crippen molar-refractivity contribution < 1.29 is 8.42 Å². The van der Waals surface area contributed by atoms with Crippen molar-refractivity contribution in [2.75, 3.05) is 32.4 Å². The van der Waals surface area contributed by atoms with Gasteiger partial charge in [0.2, 0.25) is 10.0 Å². The lowest BCUT2D eigenvalue weighted by Gasteiger charge is -2.32. The van der Waals surface area contributed by atoms with Crippen molar-refractivity contribution in [3.8, 4) is 0 Å². The molecule has 0 aromatic heterocycles. The van der Waals surface area contributed by atoms with Crippen molar-refractivity contribution in [1.82, 2.24) is 14.9 Å². The van der Waals surface area contributed by atoms with Gasteiger partial charge in [-0.05, 0) is 42.0 Å². The number of sulfonamides is 1. The fraction of sp³-hybridized carbons (Fsp3) is 0.500. The lowest BCUT2D eigenvalue weighted by Crippen LogP contribution is -2.50. The van der Waals surface area contributed by atoms with Crippen LogP contribution < -0.4 is 10.6 Å². The van der Waals surface area contributed by atoms with E-state index in [4.69, 9.17) is 0 Å². The van der Waals surface area contributed by atoms with Gasteiger partial charge in [-0.25, -0.2) is 12.7 Å². The third-order valence-electron chi connectivity index (χ3n) is 5.44. The Morgan fingerprint density at radius 2 is 1.83 bits per heavy atom. The molecule has 0 amide bonds. The molecular formula is C22H33IN4O2S. The third-order valence-corrected chi connectivity index (χ3v) is 7.52. The summed E-state index contributed by atoms with van der Waals surface area (Å²) >= 11 is 0. The van der Waals surface area contributed by atoms with Crippen LogP contribution in [0.5, 0.6) is 0 Å². The predicted molar refractivity (Wildman–Crippen MR) is 136 cm³/mol. The molecule has 2 N–H and O–H groups in total. The Balaban J connectivity index is 0.00000320. The molecule has 0 unspecified atom stereocenters. The molecule has 8 heteroatoms.